The lowest BCUT2D eigenvalue weighted by Gasteiger charge is -2.26. The Labute approximate surface area is 185 Å². The van der Waals surface area contributed by atoms with E-state index in [4.69, 9.17) is 0 Å². The summed E-state index contributed by atoms with van der Waals surface area (Å²) in [6, 6.07) is 7.09. The second-order valence-corrected chi connectivity index (χ2v) is 8.87. The van der Waals surface area contributed by atoms with E-state index in [0.717, 1.165) is 37.2 Å². The van der Waals surface area contributed by atoms with Crippen molar-refractivity contribution < 1.29 is 14.4 Å². The summed E-state index contributed by atoms with van der Waals surface area (Å²) >= 11 is 1.36. The van der Waals surface area contributed by atoms with Crippen LogP contribution < -0.4 is 10.6 Å². The summed E-state index contributed by atoms with van der Waals surface area (Å²) in [4.78, 5) is 38.0. The Morgan fingerprint density at radius 3 is 2.74 bits per heavy atom. The van der Waals surface area contributed by atoms with Gasteiger partial charge in [0.2, 0.25) is 11.8 Å². The number of aryl methyl sites for hydroxylation is 1. The van der Waals surface area contributed by atoms with Gasteiger partial charge in [0.05, 0.1) is 5.75 Å². The molecule has 2 N–H and O–H groups in total. The van der Waals surface area contributed by atoms with Crippen molar-refractivity contribution in [2.24, 2.45) is 0 Å². The van der Waals surface area contributed by atoms with E-state index in [0.29, 0.717) is 23.2 Å². The van der Waals surface area contributed by atoms with Crippen molar-refractivity contribution in [3.8, 4) is 5.69 Å². The maximum Gasteiger partial charge on any atom is 0.321 e. The molecule has 2 aromatic rings. The molecule has 9 nitrogen and oxygen atoms in total. The van der Waals surface area contributed by atoms with E-state index in [-0.39, 0.29) is 24.3 Å². The minimum Gasteiger partial charge on any atom is -0.342 e. The third-order valence-corrected chi connectivity index (χ3v) is 6.36. The van der Waals surface area contributed by atoms with Crippen LogP contribution in [-0.2, 0) is 16.0 Å². The normalized spacial score (nSPS) is 19.1. The summed E-state index contributed by atoms with van der Waals surface area (Å²) in [6.07, 6.45) is 3.84. The number of hydrogen-bond donors (Lipinski definition) is 2. The van der Waals surface area contributed by atoms with Gasteiger partial charge in [0.25, 0.3) is 0 Å². The highest BCUT2D eigenvalue weighted by Crippen LogP contribution is 2.25. The summed E-state index contributed by atoms with van der Waals surface area (Å²) in [7, 11) is 0. The molecule has 2 fully saturated rings. The monoisotopic (exact) mass is 442 g/mol. The number of benzene rings is 1. The van der Waals surface area contributed by atoms with Crippen molar-refractivity contribution in [2.45, 2.75) is 50.2 Å². The van der Waals surface area contributed by atoms with E-state index >= 15 is 0 Å². The molecule has 0 bridgehead atoms. The highest BCUT2D eigenvalue weighted by Gasteiger charge is 2.27. The number of amides is 4. The molecule has 1 unspecified atom stereocenters. The van der Waals surface area contributed by atoms with Crippen LogP contribution >= 0.6 is 11.8 Å². The molecule has 4 amide bonds. The van der Waals surface area contributed by atoms with Crippen molar-refractivity contribution in [1.82, 2.24) is 30.3 Å². The van der Waals surface area contributed by atoms with Gasteiger partial charge < -0.3 is 10.2 Å². The van der Waals surface area contributed by atoms with Crippen molar-refractivity contribution >= 4 is 29.6 Å². The van der Waals surface area contributed by atoms with E-state index in [1.54, 1.807) is 0 Å². The molecule has 1 aromatic heterocycles. The number of aromatic nitrogens is 3. The average Bonchev–Trinajstić information content (AvgIpc) is 3.14. The quantitative estimate of drug-likeness (QED) is 0.661. The maximum atomic E-state index is 12.6. The first-order chi connectivity index (χ1) is 15.0. The zero-order valence-electron chi connectivity index (χ0n) is 17.5. The number of rotatable bonds is 6. The van der Waals surface area contributed by atoms with E-state index in [2.05, 4.69) is 20.8 Å². The minimum atomic E-state index is -0.496. The number of piperidine rings is 1. The van der Waals surface area contributed by atoms with Gasteiger partial charge in [-0.15, -0.1) is 10.2 Å². The van der Waals surface area contributed by atoms with Crippen molar-refractivity contribution in [3.63, 3.8) is 0 Å². The zero-order valence-corrected chi connectivity index (χ0v) is 18.3. The fourth-order valence-electron chi connectivity index (χ4n) is 3.93. The number of imide groups is 1. The fourth-order valence-corrected chi connectivity index (χ4v) is 4.80. The lowest BCUT2D eigenvalue weighted by atomic mass is 10.1. The van der Waals surface area contributed by atoms with Crippen LogP contribution in [0.3, 0.4) is 0 Å². The molecule has 10 heteroatoms. The predicted octanol–water partition coefficient (Wildman–Crippen LogP) is 1.82. The molecule has 0 saturated carbocycles. The molecule has 2 saturated heterocycles. The molecular weight excluding hydrogens is 416 g/mol. The highest BCUT2D eigenvalue weighted by molar-refractivity contribution is 7.99. The molecule has 0 aliphatic carbocycles. The van der Waals surface area contributed by atoms with Crippen LogP contribution in [-0.4, -0.2) is 62.4 Å². The Bertz CT molecular complexity index is 969. The number of thioether (sulfide) groups is 1. The van der Waals surface area contributed by atoms with Gasteiger partial charge in [-0.3, -0.25) is 19.5 Å². The smallest absolute Gasteiger partial charge is 0.321 e. The van der Waals surface area contributed by atoms with Crippen LogP contribution in [0.25, 0.3) is 5.69 Å². The van der Waals surface area contributed by atoms with Crippen LogP contribution in [0, 0.1) is 6.92 Å². The van der Waals surface area contributed by atoms with Crippen LogP contribution in [0.5, 0.6) is 0 Å². The Hall–Kier alpha value is -2.88. The van der Waals surface area contributed by atoms with Gasteiger partial charge in [-0.25, -0.2) is 4.79 Å². The van der Waals surface area contributed by atoms with E-state index in [9.17, 15) is 14.4 Å². The SMILES string of the molecule is Cc1cccc(-n2c(CC3CC(=O)NC(=O)N3)nnc2SCC(=O)N2CCCCC2)c1. The molecule has 4 rings (SSSR count). The third-order valence-electron chi connectivity index (χ3n) is 5.44. The van der Waals surface area contributed by atoms with E-state index in [1.807, 2.05) is 40.7 Å². The number of hydrogen-bond acceptors (Lipinski definition) is 6. The third kappa shape index (κ3) is 5.25. The first-order valence-electron chi connectivity index (χ1n) is 10.5. The molecule has 2 aliphatic rings. The number of nitrogens with zero attached hydrogens (tertiary/aromatic N) is 4. The summed E-state index contributed by atoms with van der Waals surface area (Å²) in [5, 5.41) is 14.3. The van der Waals surface area contributed by atoms with Gasteiger partial charge in [-0.2, -0.15) is 0 Å². The first-order valence-corrected chi connectivity index (χ1v) is 11.5. The van der Waals surface area contributed by atoms with Gasteiger partial charge in [0.15, 0.2) is 5.16 Å². The van der Waals surface area contributed by atoms with Gasteiger partial charge in [0.1, 0.15) is 5.82 Å². The standard InChI is InChI=1S/C21H26N6O3S/c1-14-6-5-7-16(10-14)27-17(11-15-12-18(28)23-20(30)22-15)24-25-21(27)31-13-19(29)26-8-3-2-4-9-26/h5-7,10,15H,2-4,8-9,11-13H2,1H3,(H2,22,23,28,30). The van der Waals surface area contributed by atoms with E-state index in [1.165, 1.54) is 18.2 Å². The second kappa shape index (κ2) is 9.51. The van der Waals surface area contributed by atoms with Gasteiger partial charge >= 0.3 is 6.03 Å². The summed E-state index contributed by atoms with van der Waals surface area (Å²) < 4.78 is 1.92. The molecule has 2 aliphatic heterocycles. The Morgan fingerprint density at radius 1 is 1.19 bits per heavy atom. The summed E-state index contributed by atoms with van der Waals surface area (Å²) in [5.74, 6) is 0.740. The van der Waals surface area contributed by atoms with Gasteiger partial charge in [0, 0.05) is 37.7 Å². The van der Waals surface area contributed by atoms with Crippen LogP contribution in [0.2, 0.25) is 0 Å². The molecule has 1 aromatic carbocycles. The molecule has 3 heterocycles. The number of carbonyl (C=O) groups is 3. The Morgan fingerprint density at radius 2 is 2.00 bits per heavy atom. The Balaban J connectivity index is 1.55. The lowest BCUT2D eigenvalue weighted by molar-refractivity contribution is -0.129. The van der Waals surface area contributed by atoms with Gasteiger partial charge in [-0.05, 0) is 43.9 Å². The lowest BCUT2D eigenvalue weighted by Crippen LogP contribution is -2.53. The Kier molecular flexibility index (Phi) is 6.55. The largest absolute Gasteiger partial charge is 0.342 e. The summed E-state index contributed by atoms with van der Waals surface area (Å²) in [6.45, 7) is 3.64. The van der Waals surface area contributed by atoms with Crippen molar-refractivity contribution in [2.75, 3.05) is 18.8 Å². The summed E-state index contributed by atoms with van der Waals surface area (Å²) in [5.41, 5.74) is 1.97. The number of carbonyl (C=O) groups excluding carboxylic acids is 3. The molecule has 164 valence electrons. The molecule has 1 atom stereocenters. The van der Waals surface area contributed by atoms with Crippen molar-refractivity contribution in [3.05, 3.63) is 35.7 Å². The van der Waals surface area contributed by atoms with Gasteiger partial charge in [-0.1, -0.05) is 23.9 Å². The topological polar surface area (TPSA) is 109 Å². The number of likely N-dealkylation sites (tertiary alicyclic amines) is 1. The predicted molar refractivity (Wildman–Crippen MR) is 116 cm³/mol. The highest BCUT2D eigenvalue weighted by atomic mass is 32.2. The van der Waals surface area contributed by atoms with Crippen LogP contribution in [0.4, 0.5) is 4.79 Å². The molecule has 0 radical (unpaired) electrons. The first kappa shape index (κ1) is 21.4. The molecule has 31 heavy (non-hydrogen) atoms. The number of nitrogens with one attached hydrogen (secondary N) is 2. The van der Waals surface area contributed by atoms with Crippen molar-refractivity contribution in [1.29, 1.82) is 0 Å². The molecule has 0 spiro atoms. The maximum absolute atomic E-state index is 12.6. The zero-order chi connectivity index (χ0) is 21.8. The molecular formula is C21H26N6O3S. The van der Waals surface area contributed by atoms with E-state index < -0.39 is 6.03 Å². The van der Waals surface area contributed by atoms with Crippen LogP contribution in [0.15, 0.2) is 29.4 Å². The second-order valence-electron chi connectivity index (χ2n) is 7.93. The fraction of sp³-hybridized carbons (Fsp3) is 0.476. The van der Waals surface area contributed by atoms with Crippen LogP contribution in [0.1, 0.15) is 37.1 Å². The average molecular weight is 443 g/mol. The minimum absolute atomic E-state index is 0.112. The number of urea groups is 1.